The Bertz CT molecular complexity index is 800. The van der Waals surface area contributed by atoms with Crippen molar-refractivity contribution in [2.75, 3.05) is 18.0 Å². The van der Waals surface area contributed by atoms with Crippen molar-refractivity contribution in [3.05, 3.63) is 58.1 Å². The molecule has 1 aromatic heterocycles. The van der Waals surface area contributed by atoms with E-state index >= 15 is 0 Å². The van der Waals surface area contributed by atoms with Crippen LogP contribution in [0.15, 0.2) is 41.5 Å². The van der Waals surface area contributed by atoms with E-state index in [4.69, 9.17) is 5.26 Å². The van der Waals surface area contributed by atoms with Crippen molar-refractivity contribution in [3.8, 4) is 6.07 Å². The molecule has 6 heteroatoms. The smallest absolute Gasteiger partial charge is 0.293 e. The number of piperidine rings is 1. The zero-order chi connectivity index (χ0) is 16.9. The second-order valence-corrected chi connectivity index (χ2v) is 6.12. The molecule has 0 spiro atoms. The zero-order valence-corrected chi connectivity index (χ0v) is 13.8. The van der Waals surface area contributed by atoms with Crippen LogP contribution in [0.2, 0.25) is 0 Å². The SMILES string of the molecule is Cn1ccnc(N2CCC(NCc3cccc(C#N)c3)CC2)c1=O. The van der Waals surface area contributed by atoms with Crippen LogP contribution in [0.3, 0.4) is 0 Å². The molecular formula is C18H21N5O. The molecule has 3 rings (SSSR count). The fraction of sp³-hybridized carbons (Fsp3) is 0.389. The molecule has 0 saturated carbocycles. The van der Waals surface area contributed by atoms with Crippen LogP contribution in [-0.2, 0) is 13.6 Å². The molecule has 0 amide bonds. The fourth-order valence-corrected chi connectivity index (χ4v) is 3.01. The Balaban J connectivity index is 1.55. The van der Waals surface area contributed by atoms with E-state index in [2.05, 4.69) is 21.3 Å². The van der Waals surface area contributed by atoms with Crippen LogP contribution < -0.4 is 15.8 Å². The highest BCUT2D eigenvalue weighted by Gasteiger charge is 2.21. The molecule has 6 nitrogen and oxygen atoms in total. The van der Waals surface area contributed by atoms with E-state index in [-0.39, 0.29) is 5.56 Å². The number of nitriles is 1. The predicted octanol–water partition coefficient (Wildman–Crippen LogP) is 1.41. The average Bonchev–Trinajstić information content (AvgIpc) is 2.63. The van der Waals surface area contributed by atoms with E-state index in [1.165, 1.54) is 0 Å². The maximum absolute atomic E-state index is 12.1. The summed E-state index contributed by atoms with van der Waals surface area (Å²) in [5, 5.41) is 12.5. The topological polar surface area (TPSA) is 74.0 Å². The van der Waals surface area contributed by atoms with Crippen LogP contribution in [-0.4, -0.2) is 28.7 Å². The van der Waals surface area contributed by atoms with Crippen molar-refractivity contribution >= 4 is 5.82 Å². The van der Waals surface area contributed by atoms with Gasteiger partial charge in [0.25, 0.3) is 5.56 Å². The number of benzene rings is 1. The molecule has 0 unspecified atom stereocenters. The van der Waals surface area contributed by atoms with Crippen LogP contribution in [0.5, 0.6) is 0 Å². The predicted molar refractivity (Wildman–Crippen MR) is 92.7 cm³/mol. The van der Waals surface area contributed by atoms with Gasteiger partial charge in [-0.25, -0.2) is 4.98 Å². The average molecular weight is 323 g/mol. The number of hydrogen-bond donors (Lipinski definition) is 1. The van der Waals surface area contributed by atoms with Crippen molar-refractivity contribution in [2.45, 2.75) is 25.4 Å². The number of anilines is 1. The minimum atomic E-state index is -0.0442. The molecule has 1 saturated heterocycles. The monoisotopic (exact) mass is 323 g/mol. The van der Waals surface area contributed by atoms with Gasteiger partial charge in [-0.3, -0.25) is 4.79 Å². The summed E-state index contributed by atoms with van der Waals surface area (Å²) in [6.07, 6.45) is 5.29. The van der Waals surface area contributed by atoms with Gasteiger partial charge < -0.3 is 14.8 Å². The molecule has 0 radical (unpaired) electrons. The quantitative estimate of drug-likeness (QED) is 0.921. The normalized spacial score (nSPS) is 15.2. The van der Waals surface area contributed by atoms with Crippen molar-refractivity contribution in [1.82, 2.24) is 14.9 Å². The zero-order valence-electron chi connectivity index (χ0n) is 13.8. The van der Waals surface area contributed by atoms with Crippen molar-refractivity contribution in [2.24, 2.45) is 7.05 Å². The lowest BCUT2D eigenvalue weighted by Crippen LogP contribution is -2.44. The first-order chi connectivity index (χ1) is 11.7. The third-order valence-electron chi connectivity index (χ3n) is 4.44. The van der Waals surface area contributed by atoms with Gasteiger partial charge in [-0.15, -0.1) is 0 Å². The first-order valence-electron chi connectivity index (χ1n) is 8.16. The highest BCUT2D eigenvalue weighted by Crippen LogP contribution is 2.15. The maximum atomic E-state index is 12.1. The number of nitrogens with one attached hydrogen (secondary N) is 1. The fourth-order valence-electron chi connectivity index (χ4n) is 3.01. The summed E-state index contributed by atoms with van der Waals surface area (Å²) >= 11 is 0. The molecule has 0 bridgehead atoms. The first kappa shape index (κ1) is 16.2. The van der Waals surface area contributed by atoms with E-state index in [9.17, 15) is 4.79 Å². The summed E-state index contributed by atoms with van der Waals surface area (Å²) in [7, 11) is 1.75. The molecular weight excluding hydrogens is 302 g/mol. The Morgan fingerprint density at radius 1 is 1.38 bits per heavy atom. The van der Waals surface area contributed by atoms with Crippen LogP contribution in [0, 0.1) is 11.3 Å². The highest BCUT2D eigenvalue weighted by atomic mass is 16.1. The Morgan fingerprint density at radius 3 is 2.92 bits per heavy atom. The van der Waals surface area contributed by atoms with Gasteiger partial charge in [-0.05, 0) is 30.5 Å². The molecule has 24 heavy (non-hydrogen) atoms. The second-order valence-electron chi connectivity index (χ2n) is 6.12. The van der Waals surface area contributed by atoms with E-state index in [1.807, 2.05) is 24.3 Å². The summed E-state index contributed by atoms with van der Waals surface area (Å²) in [6.45, 7) is 2.40. The van der Waals surface area contributed by atoms with Gasteiger partial charge in [0.2, 0.25) is 0 Å². The summed E-state index contributed by atoms with van der Waals surface area (Å²) < 4.78 is 1.56. The minimum Gasteiger partial charge on any atom is -0.352 e. The van der Waals surface area contributed by atoms with Gasteiger partial charge in [0, 0.05) is 45.1 Å². The number of aromatic nitrogens is 2. The van der Waals surface area contributed by atoms with Crippen LogP contribution in [0.4, 0.5) is 5.82 Å². The molecule has 0 atom stereocenters. The van der Waals surface area contributed by atoms with Crippen molar-refractivity contribution < 1.29 is 0 Å². The van der Waals surface area contributed by atoms with Crippen LogP contribution in [0.25, 0.3) is 0 Å². The van der Waals surface area contributed by atoms with Gasteiger partial charge in [0.15, 0.2) is 5.82 Å². The molecule has 1 aliphatic heterocycles. The lowest BCUT2D eigenvalue weighted by molar-refractivity contribution is 0.412. The van der Waals surface area contributed by atoms with Gasteiger partial charge in [-0.2, -0.15) is 5.26 Å². The number of aryl methyl sites for hydroxylation is 1. The van der Waals surface area contributed by atoms with Gasteiger partial charge in [0.05, 0.1) is 11.6 Å². The van der Waals surface area contributed by atoms with Crippen molar-refractivity contribution in [3.63, 3.8) is 0 Å². The van der Waals surface area contributed by atoms with Crippen LogP contribution in [0.1, 0.15) is 24.0 Å². The van der Waals surface area contributed by atoms with Gasteiger partial charge >= 0.3 is 0 Å². The molecule has 0 aliphatic carbocycles. The molecule has 2 aromatic rings. The minimum absolute atomic E-state index is 0.0442. The molecule has 2 heterocycles. The van der Waals surface area contributed by atoms with Gasteiger partial charge in [0.1, 0.15) is 0 Å². The summed E-state index contributed by atoms with van der Waals surface area (Å²) in [4.78, 5) is 18.4. The molecule has 1 N–H and O–H groups in total. The van der Waals surface area contributed by atoms with E-state index in [0.717, 1.165) is 38.0 Å². The Labute approximate surface area is 141 Å². The molecule has 1 fully saturated rings. The molecule has 1 aliphatic rings. The number of nitrogens with zero attached hydrogens (tertiary/aromatic N) is 4. The molecule has 1 aromatic carbocycles. The number of rotatable bonds is 4. The standard InChI is InChI=1S/C18H21N5O/c1-22-10-7-20-17(18(22)24)23-8-5-16(6-9-23)21-13-15-4-2-3-14(11-15)12-19/h2-4,7,10-11,16,21H,5-6,8-9,13H2,1H3. The lowest BCUT2D eigenvalue weighted by Gasteiger charge is -2.32. The number of hydrogen-bond acceptors (Lipinski definition) is 5. The lowest BCUT2D eigenvalue weighted by atomic mass is 10.0. The second kappa shape index (κ2) is 7.28. The Kier molecular flexibility index (Phi) is 4.92. The Hall–Kier alpha value is -2.65. The van der Waals surface area contributed by atoms with Crippen LogP contribution >= 0.6 is 0 Å². The largest absolute Gasteiger partial charge is 0.352 e. The Morgan fingerprint density at radius 2 is 2.17 bits per heavy atom. The van der Waals surface area contributed by atoms with E-state index in [1.54, 1.807) is 24.0 Å². The summed E-state index contributed by atoms with van der Waals surface area (Å²) in [6, 6.07) is 10.3. The first-order valence-corrected chi connectivity index (χ1v) is 8.16. The molecule has 124 valence electrons. The third-order valence-corrected chi connectivity index (χ3v) is 4.44. The summed E-state index contributed by atoms with van der Waals surface area (Å²) in [5.74, 6) is 0.542. The maximum Gasteiger partial charge on any atom is 0.293 e. The van der Waals surface area contributed by atoms with Crippen molar-refractivity contribution in [1.29, 1.82) is 5.26 Å². The highest BCUT2D eigenvalue weighted by molar-refractivity contribution is 5.36. The van der Waals surface area contributed by atoms with E-state index in [0.29, 0.717) is 17.4 Å². The summed E-state index contributed by atoms with van der Waals surface area (Å²) in [5.41, 5.74) is 1.77. The third kappa shape index (κ3) is 3.63. The van der Waals surface area contributed by atoms with Gasteiger partial charge in [-0.1, -0.05) is 12.1 Å². The van der Waals surface area contributed by atoms with E-state index < -0.39 is 0 Å².